The molecule has 13 heavy (non-hydrogen) atoms. The van der Waals surface area contributed by atoms with E-state index in [4.69, 9.17) is 16.3 Å². The Morgan fingerprint density at radius 1 is 1.46 bits per heavy atom. The standard InChI is InChI=1S/C10H18ClNO/c1-13-10-6-4-5-9(10)12-8-3-2-7-11/h2-3,9-10,12H,4-8H2,1H3/b3-2+. The molecule has 76 valence electrons. The van der Waals surface area contributed by atoms with Crippen molar-refractivity contribution >= 4 is 11.6 Å². The van der Waals surface area contributed by atoms with E-state index >= 15 is 0 Å². The molecule has 1 rings (SSSR count). The molecule has 0 amide bonds. The van der Waals surface area contributed by atoms with Gasteiger partial charge in [-0.15, -0.1) is 11.6 Å². The zero-order valence-corrected chi connectivity index (χ0v) is 8.89. The van der Waals surface area contributed by atoms with Gasteiger partial charge in [0.15, 0.2) is 0 Å². The van der Waals surface area contributed by atoms with Crippen LogP contribution in [0.3, 0.4) is 0 Å². The molecule has 0 bridgehead atoms. The first-order valence-corrected chi connectivity index (χ1v) is 5.39. The summed E-state index contributed by atoms with van der Waals surface area (Å²) < 4.78 is 5.37. The van der Waals surface area contributed by atoms with Gasteiger partial charge in [-0.3, -0.25) is 0 Å². The maximum Gasteiger partial charge on any atom is 0.0724 e. The first kappa shape index (κ1) is 11.0. The van der Waals surface area contributed by atoms with Gasteiger partial charge in [0, 0.05) is 25.6 Å². The van der Waals surface area contributed by atoms with Crippen molar-refractivity contribution < 1.29 is 4.74 Å². The van der Waals surface area contributed by atoms with Crippen LogP contribution in [0.5, 0.6) is 0 Å². The first-order valence-electron chi connectivity index (χ1n) is 4.85. The molecule has 1 N–H and O–H groups in total. The lowest BCUT2D eigenvalue weighted by molar-refractivity contribution is 0.0864. The number of rotatable bonds is 5. The molecule has 0 radical (unpaired) electrons. The monoisotopic (exact) mass is 203 g/mol. The number of allylic oxidation sites excluding steroid dienone is 1. The Bertz CT molecular complexity index is 161. The van der Waals surface area contributed by atoms with Crippen LogP contribution >= 0.6 is 11.6 Å². The first-order chi connectivity index (χ1) is 6.38. The van der Waals surface area contributed by atoms with E-state index in [1.807, 2.05) is 6.08 Å². The van der Waals surface area contributed by atoms with Gasteiger partial charge in [-0.2, -0.15) is 0 Å². The van der Waals surface area contributed by atoms with E-state index in [-0.39, 0.29) is 0 Å². The molecular weight excluding hydrogens is 186 g/mol. The summed E-state index contributed by atoms with van der Waals surface area (Å²) in [4.78, 5) is 0. The topological polar surface area (TPSA) is 21.3 Å². The highest BCUT2D eigenvalue weighted by atomic mass is 35.5. The van der Waals surface area contributed by atoms with E-state index in [9.17, 15) is 0 Å². The summed E-state index contributed by atoms with van der Waals surface area (Å²) in [6, 6.07) is 0.532. The Morgan fingerprint density at radius 2 is 2.31 bits per heavy atom. The third kappa shape index (κ3) is 3.67. The van der Waals surface area contributed by atoms with Crippen molar-refractivity contribution in [2.45, 2.75) is 31.4 Å². The molecule has 0 aromatic rings. The van der Waals surface area contributed by atoms with E-state index < -0.39 is 0 Å². The van der Waals surface area contributed by atoms with Crippen LogP contribution in [0.15, 0.2) is 12.2 Å². The molecule has 1 saturated carbocycles. The number of nitrogens with one attached hydrogen (secondary N) is 1. The highest BCUT2D eigenvalue weighted by Gasteiger charge is 2.25. The van der Waals surface area contributed by atoms with Crippen molar-refractivity contribution in [1.29, 1.82) is 0 Å². The highest BCUT2D eigenvalue weighted by molar-refractivity contribution is 6.18. The van der Waals surface area contributed by atoms with Crippen LogP contribution in [0.1, 0.15) is 19.3 Å². The SMILES string of the molecule is COC1CCCC1NC/C=C/CCl. The summed E-state index contributed by atoms with van der Waals surface area (Å²) >= 11 is 5.51. The molecule has 0 spiro atoms. The molecular formula is C10H18ClNO. The van der Waals surface area contributed by atoms with E-state index in [0.29, 0.717) is 18.0 Å². The molecule has 2 atom stereocenters. The second kappa shape index (κ2) is 6.41. The lowest BCUT2D eigenvalue weighted by atomic mass is 10.2. The molecule has 3 heteroatoms. The molecule has 0 aliphatic heterocycles. The van der Waals surface area contributed by atoms with Crippen molar-refractivity contribution in [1.82, 2.24) is 5.32 Å². The minimum atomic E-state index is 0.407. The predicted octanol–water partition coefficient (Wildman–Crippen LogP) is 1.94. The van der Waals surface area contributed by atoms with E-state index in [0.717, 1.165) is 6.54 Å². The molecule has 2 unspecified atom stereocenters. The van der Waals surface area contributed by atoms with Gasteiger partial charge in [-0.05, 0) is 19.3 Å². The fourth-order valence-corrected chi connectivity index (χ4v) is 1.93. The van der Waals surface area contributed by atoms with Crippen LogP contribution in [0, 0.1) is 0 Å². The average molecular weight is 204 g/mol. The van der Waals surface area contributed by atoms with Crippen LogP contribution in [0.2, 0.25) is 0 Å². The summed E-state index contributed by atoms with van der Waals surface area (Å²) in [7, 11) is 1.79. The van der Waals surface area contributed by atoms with Crippen molar-refractivity contribution in [2.75, 3.05) is 19.5 Å². The van der Waals surface area contributed by atoms with Crippen LogP contribution in [0.4, 0.5) is 0 Å². The Hall–Kier alpha value is -0.0500. The van der Waals surface area contributed by atoms with Gasteiger partial charge < -0.3 is 10.1 Å². The van der Waals surface area contributed by atoms with Crippen LogP contribution in [-0.2, 0) is 4.74 Å². The van der Waals surface area contributed by atoms with Crippen molar-refractivity contribution in [3.8, 4) is 0 Å². The summed E-state index contributed by atoms with van der Waals surface area (Å²) in [5.74, 6) is 0.597. The number of ether oxygens (including phenoxy) is 1. The quantitative estimate of drug-likeness (QED) is 0.545. The Kier molecular flexibility index (Phi) is 5.44. The third-order valence-electron chi connectivity index (χ3n) is 2.51. The number of alkyl halides is 1. The Morgan fingerprint density at radius 3 is 3.00 bits per heavy atom. The summed E-state index contributed by atoms with van der Waals surface area (Å²) in [6.07, 6.45) is 8.13. The lowest BCUT2D eigenvalue weighted by Crippen LogP contribution is -2.36. The van der Waals surface area contributed by atoms with Gasteiger partial charge in [0.25, 0.3) is 0 Å². The van der Waals surface area contributed by atoms with Gasteiger partial charge in [0.2, 0.25) is 0 Å². The third-order valence-corrected chi connectivity index (χ3v) is 2.69. The van der Waals surface area contributed by atoms with Crippen LogP contribution in [-0.4, -0.2) is 31.7 Å². The Balaban J connectivity index is 2.16. The van der Waals surface area contributed by atoms with Gasteiger partial charge in [-0.1, -0.05) is 12.2 Å². The maximum absolute atomic E-state index is 5.51. The Labute approximate surface area is 85.3 Å². The van der Waals surface area contributed by atoms with Gasteiger partial charge in [0.1, 0.15) is 0 Å². The second-order valence-corrected chi connectivity index (χ2v) is 3.65. The number of methoxy groups -OCH3 is 1. The van der Waals surface area contributed by atoms with Gasteiger partial charge >= 0.3 is 0 Å². The smallest absolute Gasteiger partial charge is 0.0724 e. The molecule has 0 aromatic carbocycles. The lowest BCUT2D eigenvalue weighted by Gasteiger charge is -2.18. The summed E-state index contributed by atoms with van der Waals surface area (Å²) in [5, 5.41) is 3.45. The summed E-state index contributed by atoms with van der Waals surface area (Å²) in [5.41, 5.74) is 0. The second-order valence-electron chi connectivity index (χ2n) is 3.35. The minimum Gasteiger partial charge on any atom is -0.380 e. The number of hydrogen-bond acceptors (Lipinski definition) is 2. The van der Waals surface area contributed by atoms with Gasteiger partial charge in [0.05, 0.1) is 6.10 Å². The van der Waals surface area contributed by atoms with Crippen LogP contribution < -0.4 is 5.32 Å². The average Bonchev–Trinajstić information content (AvgIpc) is 2.60. The van der Waals surface area contributed by atoms with Crippen molar-refractivity contribution in [2.24, 2.45) is 0 Å². The fourth-order valence-electron chi connectivity index (χ4n) is 1.81. The normalized spacial score (nSPS) is 28.8. The molecule has 1 fully saturated rings. The van der Waals surface area contributed by atoms with Gasteiger partial charge in [-0.25, -0.2) is 0 Å². The zero-order valence-electron chi connectivity index (χ0n) is 8.13. The summed E-state index contributed by atoms with van der Waals surface area (Å²) in [6.45, 7) is 0.900. The largest absolute Gasteiger partial charge is 0.380 e. The fraction of sp³-hybridized carbons (Fsp3) is 0.800. The zero-order chi connectivity index (χ0) is 9.52. The molecule has 1 aliphatic carbocycles. The van der Waals surface area contributed by atoms with E-state index in [2.05, 4.69) is 11.4 Å². The predicted molar refractivity (Wildman–Crippen MR) is 56.3 cm³/mol. The van der Waals surface area contributed by atoms with E-state index in [1.54, 1.807) is 7.11 Å². The molecule has 0 aromatic heterocycles. The number of halogens is 1. The van der Waals surface area contributed by atoms with E-state index in [1.165, 1.54) is 19.3 Å². The number of hydrogen-bond donors (Lipinski definition) is 1. The van der Waals surface area contributed by atoms with Crippen molar-refractivity contribution in [3.05, 3.63) is 12.2 Å². The van der Waals surface area contributed by atoms with Crippen molar-refractivity contribution in [3.63, 3.8) is 0 Å². The minimum absolute atomic E-state index is 0.407. The highest BCUT2D eigenvalue weighted by Crippen LogP contribution is 2.21. The molecule has 2 nitrogen and oxygen atoms in total. The maximum atomic E-state index is 5.51. The molecule has 0 heterocycles. The molecule has 0 saturated heterocycles. The van der Waals surface area contributed by atoms with Crippen LogP contribution in [0.25, 0.3) is 0 Å². The molecule has 1 aliphatic rings.